The lowest BCUT2D eigenvalue weighted by Gasteiger charge is -2.22. The number of aliphatic hydroxyl groups excluding tert-OH is 1. The van der Waals surface area contributed by atoms with Crippen molar-refractivity contribution >= 4 is 45.7 Å². The van der Waals surface area contributed by atoms with Crippen molar-refractivity contribution in [3.05, 3.63) is 22.1 Å². The van der Waals surface area contributed by atoms with Crippen molar-refractivity contribution in [1.29, 1.82) is 0 Å². The average molecular weight is 601 g/mol. The Kier molecular flexibility index (Phi) is 13.3. The smallest absolute Gasteiger partial charge is 0.321 e. The first-order valence-electron chi connectivity index (χ1n) is 12.7. The van der Waals surface area contributed by atoms with Crippen LogP contribution in [0, 0.1) is 6.92 Å². The molecule has 2 heterocycles. The number of aliphatic hydroxyl groups is 1. The number of rotatable bonds is 14. The summed E-state index contributed by atoms with van der Waals surface area (Å²) in [7, 11) is -4.22. The predicted molar refractivity (Wildman–Crippen MR) is 149 cm³/mol. The molecule has 1 unspecified atom stereocenters. The lowest BCUT2D eigenvalue weighted by atomic mass is 10.2. The molecule has 0 aliphatic carbocycles. The fourth-order valence-electron chi connectivity index (χ4n) is 3.56. The fourth-order valence-corrected chi connectivity index (χ4v) is 3.92. The van der Waals surface area contributed by atoms with Gasteiger partial charge in [-0.05, 0) is 26.7 Å². The predicted octanol–water partition coefficient (Wildman–Crippen LogP) is -1.88. The second-order valence-corrected chi connectivity index (χ2v) is 10.7. The van der Waals surface area contributed by atoms with E-state index in [2.05, 4.69) is 46.5 Å². The number of nitrogens with one attached hydrogen (secondary N) is 6. The summed E-state index contributed by atoms with van der Waals surface area (Å²) >= 11 is 0. The summed E-state index contributed by atoms with van der Waals surface area (Å²) in [6.45, 7) is 4.14. The number of carbonyl (C=O) groups is 3. The number of hydrogen-bond acceptors (Lipinski definition) is 11. The van der Waals surface area contributed by atoms with E-state index in [1.54, 1.807) is 18.7 Å². The molecule has 2 rings (SSSR count). The van der Waals surface area contributed by atoms with Crippen LogP contribution in [0.15, 0.2) is 20.8 Å². The van der Waals surface area contributed by atoms with Crippen molar-refractivity contribution in [3.8, 4) is 0 Å². The maximum atomic E-state index is 12.3. The van der Waals surface area contributed by atoms with Crippen LogP contribution >= 0.6 is 0 Å². The van der Waals surface area contributed by atoms with E-state index in [4.69, 9.17) is 4.55 Å². The third-order valence-electron chi connectivity index (χ3n) is 5.30. The van der Waals surface area contributed by atoms with Crippen LogP contribution in [0.3, 0.4) is 0 Å². The maximum Gasteiger partial charge on any atom is 0.321 e. The van der Waals surface area contributed by atoms with E-state index in [1.807, 2.05) is 0 Å². The number of aromatic nitrogens is 2. The van der Waals surface area contributed by atoms with E-state index in [1.165, 1.54) is 6.07 Å². The van der Waals surface area contributed by atoms with Gasteiger partial charge in [0.1, 0.15) is 0 Å². The minimum Gasteiger partial charge on any atom is -0.371 e. The normalized spacial score (nSPS) is 15.0. The highest BCUT2D eigenvalue weighted by molar-refractivity contribution is 7.85. The number of hydrogen-bond donors (Lipinski definition) is 8. The molecule has 0 aromatic carbocycles. The summed E-state index contributed by atoms with van der Waals surface area (Å²) < 4.78 is 30.6. The standard InChI is InChI=1S/C22H36N10O8S/c1-14-11-16(33)28-19(26-14)30-21(36)24-5-3-8-32(13-18(35)23-7-10-41(38,39)40)9-4-6-25-22(37)31-20-27-15(2)12-17(34)29-20/h11,17,34H,3-10,12-13H2,1-2H3,(H,23,35)(H,38,39,40)(H2,25,29,31,37)(H3,24,26,28,30,33,36). The molecule has 0 saturated carbocycles. The van der Waals surface area contributed by atoms with Crippen molar-refractivity contribution in [2.75, 3.05) is 50.3 Å². The van der Waals surface area contributed by atoms with Crippen LogP contribution in [-0.2, 0) is 14.9 Å². The van der Waals surface area contributed by atoms with Crippen LogP contribution in [-0.4, -0.2) is 114 Å². The number of guanidine groups is 1. The Labute approximate surface area is 236 Å². The summed E-state index contributed by atoms with van der Waals surface area (Å²) in [5.41, 5.74) is 0.657. The lowest BCUT2D eigenvalue weighted by molar-refractivity contribution is -0.122. The molecule has 0 bridgehead atoms. The van der Waals surface area contributed by atoms with Gasteiger partial charge in [-0.15, -0.1) is 0 Å². The van der Waals surface area contributed by atoms with Crippen LogP contribution in [0.25, 0.3) is 0 Å². The third kappa shape index (κ3) is 14.9. The molecule has 1 aromatic rings. The van der Waals surface area contributed by atoms with E-state index in [0.29, 0.717) is 37.3 Å². The number of anilines is 1. The number of urea groups is 2. The largest absolute Gasteiger partial charge is 0.371 e. The first kappa shape index (κ1) is 33.3. The summed E-state index contributed by atoms with van der Waals surface area (Å²) in [6, 6.07) is 0.131. The van der Waals surface area contributed by atoms with E-state index < -0.39 is 45.6 Å². The van der Waals surface area contributed by atoms with Crippen molar-refractivity contribution in [1.82, 2.24) is 36.1 Å². The molecular formula is C22H36N10O8S. The molecule has 41 heavy (non-hydrogen) atoms. The number of H-pyrrole nitrogens is 1. The Hall–Kier alpha value is -3.94. The highest BCUT2D eigenvalue weighted by atomic mass is 32.2. The third-order valence-corrected chi connectivity index (χ3v) is 6.02. The van der Waals surface area contributed by atoms with Crippen LogP contribution in [0.2, 0.25) is 0 Å². The SMILES string of the molecule is CC1=NC(NC(=O)NCCCN(CCCNC(=O)Nc2nc(C)cc(=O)[nH]2)CC(=O)NCCS(=O)(=O)O)=NC(O)C1. The molecule has 1 aromatic heterocycles. The van der Waals surface area contributed by atoms with Gasteiger partial charge in [-0.1, -0.05) is 0 Å². The molecule has 0 saturated heterocycles. The fraction of sp³-hybridized carbons (Fsp3) is 0.591. The average Bonchev–Trinajstić information content (AvgIpc) is 2.82. The molecule has 228 valence electrons. The second-order valence-electron chi connectivity index (χ2n) is 9.10. The molecule has 5 amide bonds. The van der Waals surface area contributed by atoms with Crippen molar-refractivity contribution in [2.24, 2.45) is 9.98 Å². The van der Waals surface area contributed by atoms with Gasteiger partial charge < -0.3 is 21.1 Å². The molecule has 1 atom stereocenters. The first-order chi connectivity index (χ1) is 19.3. The zero-order valence-corrected chi connectivity index (χ0v) is 23.6. The summed E-state index contributed by atoms with van der Waals surface area (Å²) in [5, 5.41) is 22.2. The van der Waals surface area contributed by atoms with Gasteiger partial charge in [0.25, 0.3) is 15.7 Å². The van der Waals surface area contributed by atoms with Crippen molar-refractivity contribution < 1.29 is 32.5 Å². The van der Waals surface area contributed by atoms with Gasteiger partial charge in [0.15, 0.2) is 6.23 Å². The van der Waals surface area contributed by atoms with Gasteiger partial charge in [0, 0.05) is 56.6 Å². The molecule has 0 fully saturated rings. The minimum absolute atomic E-state index is 0.000836. The first-order valence-corrected chi connectivity index (χ1v) is 14.3. The summed E-state index contributed by atoms with van der Waals surface area (Å²) in [4.78, 5) is 64.0. The van der Waals surface area contributed by atoms with E-state index in [9.17, 15) is 32.7 Å². The van der Waals surface area contributed by atoms with Gasteiger partial charge in [-0.25, -0.2) is 24.6 Å². The van der Waals surface area contributed by atoms with Gasteiger partial charge in [-0.3, -0.25) is 34.7 Å². The topological polar surface area (TPSA) is 260 Å². The number of aliphatic imine (C=N–C) groups is 2. The number of aromatic amines is 1. The number of carbonyl (C=O) groups excluding carboxylic acids is 3. The highest BCUT2D eigenvalue weighted by Gasteiger charge is 2.16. The molecule has 1 aliphatic rings. The molecule has 0 radical (unpaired) electrons. The minimum atomic E-state index is -4.22. The molecule has 0 spiro atoms. The quantitative estimate of drug-likeness (QED) is 0.0870. The van der Waals surface area contributed by atoms with Gasteiger partial charge >= 0.3 is 12.1 Å². The lowest BCUT2D eigenvalue weighted by Crippen LogP contribution is -2.43. The second kappa shape index (κ2) is 16.4. The van der Waals surface area contributed by atoms with Crippen molar-refractivity contribution in [2.45, 2.75) is 39.3 Å². The highest BCUT2D eigenvalue weighted by Crippen LogP contribution is 2.03. The van der Waals surface area contributed by atoms with Gasteiger partial charge in [0.05, 0.1) is 12.3 Å². The van der Waals surface area contributed by atoms with Gasteiger partial charge in [-0.2, -0.15) is 8.42 Å². The van der Waals surface area contributed by atoms with E-state index in [-0.39, 0.29) is 44.5 Å². The molecule has 8 N–H and O–H groups in total. The van der Waals surface area contributed by atoms with E-state index in [0.717, 1.165) is 0 Å². The van der Waals surface area contributed by atoms with Crippen LogP contribution in [0.1, 0.15) is 31.9 Å². The van der Waals surface area contributed by atoms with Crippen LogP contribution < -0.4 is 32.1 Å². The maximum absolute atomic E-state index is 12.3. The molecular weight excluding hydrogens is 564 g/mol. The zero-order chi connectivity index (χ0) is 30.4. The summed E-state index contributed by atoms with van der Waals surface area (Å²) in [5.74, 6) is -1.09. The Morgan fingerprint density at radius 2 is 1.68 bits per heavy atom. The Bertz CT molecular complexity index is 1300. The molecule has 19 heteroatoms. The summed E-state index contributed by atoms with van der Waals surface area (Å²) in [6.07, 6.45) is 0.181. The number of amides is 5. The monoisotopic (exact) mass is 600 g/mol. The Morgan fingerprint density at radius 3 is 2.27 bits per heavy atom. The Morgan fingerprint density at radius 1 is 1.05 bits per heavy atom. The van der Waals surface area contributed by atoms with E-state index >= 15 is 0 Å². The number of aryl methyl sites for hydroxylation is 1. The molecule has 18 nitrogen and oxygen atoms in total. The molecule has 1 aliphatic heterocycles. The van der Waals surface area contributed by atoms with Crippen LogP contribution in [0.4, 0.5) is 15.5 Å². The van der Waals surface area contributed by atoms with Crippen LogP contribution in [0.5, 0.6) is 0 Å². The van der Waals surface area contributed by atoms with Crippen molar-refractivity contribution in [3.63, 3.8) is 0 Å². The van der Waals surface area contributed by atoms with Gasteiger partial charge in [0.2, 0.25) is 17.8 Å². The zero-order valence-electron chi connectivity index (χ0n) is 22.8. The number of nitrogens with zero attached hydrogens (tertiary/aromatic N) is 4. The Balaban J connectivity index is 1.79.